The van der Waals surface area contributed by atoms with Crippen molar-refractivity contribution < 1.29 is 9.32 Å². The Morgan fingerprint density at radius 3 is 2.48 bits per heavy atom. The largest absolute Gasteiger partial charge is 0.339 e. The summed E-state index contributed by atoms with van der Waals surface area (Å²) in [7, 11) is 0. The lowest BCUT2D eigenvalue weighted by molar-refractivity contribution is -0.136. The zero-order valence-corrected chi connectivity index (χ0v) is 17.6. The zero-order valence-electron chi connectivity index (χ0n) is 17.6. The number of nitrogens with zero attached hydrogens (tertiary/aromatic N) is 5. The molecule has 2 saturated heterocycles. The van der Waals surface area contributed by atoms with Crippen molar-refractivity contribution >= 4 is 5.91 Å². The maximum atomic E-state index is 12.6. The second kappa shape index (κ2) is 8.27. The molecule has 0 bridgehead atoms. The van der Waals surface area contributed by atoms with Crippen molar-refractivity contribution in [1.82, 2.24) is 24.8 Å². The number of likely N-dealkylation sites (tertiary alicyclic amines) is 1. The normalized spacial score (nSPS) is 24.2. The third-order valence-electron chi connectivity index (χ3n) is 5.91. The lowest BCUT2D eigenvalue weighted by Gasteiger charge is -2.39. The first-order valence-corrected chi connectivity index (χ1v) is 10.4. The molecule has 3 rings (SSSR count). The van der Waals surface area contributed by atoms with E-state index in [-0.39, 0.29) is 17.4 Å². The Kier molecular flexibility index (Phi) is 6.21. The van der Waals surface area contributed by atoms with Crippen LogP contribution >= 0.6 is 0 Å². The van der Waals surface area contributed by atoms with Crippen molar-refractivity contribution in [2.75, 3.05) is 39.3 Å². The van der Waals surface area contributed by atoms with E-state index >= 15 is 0 Å². The summed E-state index contributed by atoms with van der Waals surface area (Å²) in [5.41, 5.74) is -0.105. The molecule has 0 saturated carbocycles. The molecule has 0 radical (unpaired) electrons. The van der Waals surface area contributed by atoms with Gasteiger partial charge in [0.15, 0.2) is 5.82 Å². The molecule has 1 aromatic heterocycles. The Morgan fingerprint density at radius 2 is 1.89 bits per heavy atom. The summed E-state index contributed by atoms with van der Waals surface area (Å²) in [6.45, 7) is 15.7. The molecule has 0 aromatic carbocycles. The summed E-state index contributed by atoms with van der Waals surface area (Å²) in [5.74, 6) is 1.73. The monoisotopic (exact) mass is 377 g/mol. The van der Waals surface area contributed by atoms with E-state index in [0.29, 0.717) is 18.5 Å². The second-order valence-electron chi connectivity index (χ2n) is 9.13. The van der Waals surface area contributed by atoms with Crippen molar-refractivity contribution in [2.24, 2.45) is 0 Å². The molecular formula is C20H35N5O2. The molecule has 3 heterocycles. The van der Waals surface area contributed by atoms with Gasteiger partial charge >= 0.3 is 0 Å². The van der Waals surface area contributed by atoms with Gasteiger partial charge < -0.3 is 9.42 Å². The molecule has 2 atom stereocenters. The van der Waals surface area contributed by atoms with Gasteiger partial charge in [0.2, 0.25) is 11.8 Å². The number of aromatic nitrogens is 2. The summed E-state index contributed by atoms with van der Waals surface area (Å²) in [6.07, 6.45) is 3.52. The smallest absolute Gasteiger partial charge is 0.243 e. The van der Waals surface area contributed by atoms with E-state index in [2.05, 4.69) is 59.5 Å². The molecular weight excluding hydrogens is 342 g/mol. The Hall–Kier alpha value is -1.47. The number of piperazine rings is 1. The van der Waals surface area contributed by atoms with E-state index in [4.69, 9.17) is 4.52 Å². The van der Waals surface area contributed by atoms with Crippen molar-refractivity contribution in [3.63, 3.8) is 0 Å². The lowest BCUT2D eigenvalue weighted by atomic mass is 9.96. The van der Waals surface area contributed by atoms with Crippen molar-refractivity contribution in [2.45, 2.75) is 71.4 Å². The number of piperidine rings is 1. The molecule has 0 spiro atoms. The molecule has 7 nitrogen and oxygen atoms in total. The minimum Gasteiger partial charge on any atom is -0.339 e. The van der Waals surface area contributed by atoms with E-state index in [1.165, 1.54) is 6.42 Å². The predicted octanol–water partition coefficient (Wildman–Crippen LogP) is 2.45. The fraction of sp³-hybridized carbons (Fsp3) is 0.850. The van der Waals surface area contributed by atoms with Crippen LogP contribution < -0.4 is 0 Å². The molecule has 1 aromatic rings. The van der Waals surface area contributed by atoms with Gasteiger partial charge in [-0.3, -0.25) is 14.6 Å². The van der Waals surface area contributed by atoms with Crippen molar-refractivity contribution in [1.29, 1.82) is 0 Å². The van der Waals surface area contributed by atoms with Gasteiger partial charge in [-0.15, -0.1) is 0 Å². The van der Waals surface area contributed by atoms with Gasteiger partial charge in [-0.1, -0.05) is 25.9 Å². The van der Waals surface area contributed by atoms with Crippen LogP contribution in [0.3, 0.4) is 0 Å². The highest BCUT2D eigenvalue weighted by atomic mass is 16.5. The number of amides is 1. The van der Waals surface area contributed by atoms with Gasteiger partial charge in [0, 0.05) is 44.2 Å². The number of carbonyl (C=O) groups is 1. The molecule has 0 unspecified atom stereocenters. The van der Waals surface area contributed by atoms with Gasteiger partial charge in [-0.05, 0) is 33.1 Å². The molecule has 2 aliphatic heterocycles. The maximum absolute atomic E-state index is 12.6. The topological polar surface area (TPSA) is 65.7 Å². The number of carbonyl (C=O) groups excluding carboxylic acids is 1. The van der Waals surface area contributed by atoms with Gasteiger partial charge in [0.05, 0.1) is 12.6 Å². The highest BCUT2D eigenvalue weighted by molar-refractivity contribution is 5.78. The van der Waals surface area contributed by atoms with Crippen LogP contribution in [0.2, 0.25) is 0 Å². The summed E-state index contributed by atoms with van der Waals surface area (Å²) < 4.78 is 5.51. The number of hydrogen-bond donors (Lipinski definition) is 0. The Balaban J connectivity index is 1.49. The third-order valence-corrected chi connectivity index (χ3v) is 5.91. The zero-order chi connectivity index (χ0) is 19.6. The molecule has 152 valence electrons. The summed E-state index contributed by atoms with van der Waals surface area (Å²) in [6, 6.07) is 0.496. The van der Waals surface area contributed by atoms with Crippen LogP contribution in [0.1, 0.15) is 71.6 Å². The maximum Gasteiger partial charge on any atom is 0.243 e. The Morgan fingerprint density at radius 1 is 1.19 bits per heavy atom. The first-order valence-electron chi connectivity index (χ1n) is 10.4. The SMILES string of the molecule is C[C@@H]1CCCCN1C(=O)CN1CCN([C@@H](C)c2nc(C(C)(C)C)no2)CC1. The fourth-order valence-electron chi connectivity index (χ4n) is 3.93. The van der Waals surface area contributed by atoms with Crippen LogP contribution in [-0.2, 0) is 10.2 Å². The van der Waals surface area contributed by atoms with Gasteiger partial charge in [0.1, 0.15) is 0 Å². The van der Waals surface area contributed by atoms with E-state index in [0.717, 1.165) is 51.4 Å². The number of hydrogen-bond acceptors (Lipinski definition) is 6. The summed E-state index contributed by atoms with van der Waals surface area (Å²) in [4.78, 5) is 24.0. The third kappa shape index (κ3) is 4.88. The highest BCUT2D eigenvalue weighted by Gasteiger charge is 2.30. The first-order chi connectivity index (χ1) is 12.8. The minimum atomic E-state index is -0.105. The number of rotatable bonds is 4. The summed E-state index contributed by atoms with van der Waals surface area (Å²) in [5, 5.41) is 4.14. The highest BCUT2D eigenvalue weighted by Crippen LogP contribution is 2.24. The van der Waals surface area contributed by atoms with Crippen molar-refractivity contribution in [3.8, 4) is 0 Å². The predicted molar refractivity (Wildman–Crippen MR) is 104 cm³/mol. The Labute approximate surface area is 163 Å². The van der Waals surface area contributed by atoms with E-state index < -0.39 is 0 Å². The molecule has 2 fully saturated rings. The molecule has 27 heavy (non-hydrogen) atoms. The van der Waals surface area contributed by atoms with Crippen molar-refractivity contribution in [3.05, 3.63) is 11.7 Å². The fourth-order valence-corrected chi connectivity index (χ4v) is 3.93. The van der Waals surface area contributed by atoms with Gasteiger partial charge in [0.25, 0.3) is 0 Å². The lowest BCUT2D eigenvalue weighted by Crippen LogP contribution is -2.52. The molecule has 2 aliphatic rings. The second-order valence-corrected chi connectivity index (χ2v) is 9.13. The van der Waals surface area contributed by atoms with Gasteiger partial charge in [-0.25, -0.2) is 0 Å². The van der Waals surface area contributed by atoms with E-state index in [1.807, 2.05) is 0 Å². The molecule has 0 aliphatic carbocycles. The average Bonchev–Trinajstić information content (AvgIpc) is 3.12. The van der Waals surface area contributed by atoms with Crippen LogP contribution in [0.15, 0.2) is 4.52 Å². The van der Waals surface area contributed by atoms with Crippen LogP contribution in [0.5, 0.6) is 0 Å². The van der Waals surface area contributed by atoms with Gasteiger partial charge in [-0.2, -0.15) is 4.98 Å². The minimum absolute atomic E-state index is 0.105. The average molecular weight is 378 g/mol. The Bertz CT molecular complexity index is 631. The first kappa shape index (κ1) is 20.3. The molecule has 0 N–H and O–H groups in total. The molecule has 7 heteroatoms. The van der Waals surface area contributed by atoms with E-state index in [1.54, 1.807) is 0 Å². The van der Waals surface area contributed by atoms with Crippen LogP contribution in [0.4, 0.5) is 0 Å². The van der Waals surface area contributed by atoms with Crippen LogP contribution in [0, 0.1) is 0 Å². The van der Waals surface area contributed by atoms with E-state index in [9.17, 15) is 4.79 Å². The quantitative estimate of drug-likeness (QED) is 0.803. The summed E-state index contributed by atoms with van der Waals surface area (Å²) >= 11 is 0. The molecule has 1 amide bonds. The van der Waals surface area contributed by atoms with Crippen LogP contribution in [-0.4, -0.2) is 76.1 Å². The standard InChI is InChI=1S/C20H35N5O2/c1-15-8-6-7-9-25(15)17(26)14-23-10-12-24(13-11-23)16(2)18-21-19(22-27-18)20(3,4)5/h15-16H,6-14H2,1-5H3/t15-,16+/m1/s1. The van der Waals surface area contributed by atoms with Crippen LogP contribution in [0.25, 0.3) is 0 Å².